The Balaban J connectivity index is 1.71. The smallest absolute Gasteiger partial charge is 0.253 e. The van der Waals surface area contributed by atoms with Gasteiger partial charge in [0.1, 0.15) is 6.61 Å². The number of amides is 2. The van der Waals surface area contributed by atoms with Crippen LogP contribution in [0.2, 0.25) is 0 Å². The standard InChI is InChI=1S/C16H18N2O4S/c1-11(19)23-14-8-15(20)18(9-14)13-4-2-12(3-5-13)17-6-7-22-10-16(17)21/h2-5,14H,6-10H2,1H3. The summed E-state index contributed by atoms with van der Waals surface area (Å²) in [6.45, 7) is 3.24. The summed E-state index contributed by atoms with van der Waals surface area (Å²) in [6.07, 6.45) is 0.383. The second-order valence-corrected chi connectivity index (χ2v) is 7.03. The molecule has 2 aliphatic rings. The van der Waals surface area contributed by atoms with E-state index < -0.39 is 0 Å². The minimum Gasteiger partial charge on any atom is -0.370 e. The van der Waals surface area contributed by atoms with Crippen LogP contribution in [0.15, 0.2) is 24.3 Å². The Hall–Kier alpha value is -1.86. The fourth-order valence-corrected chi connectivity index (χ4v) is 3.76. The molecule has 2 heterocycles. The maximum absolute atomic E-state index is 12.1. The Bertz CT molecular complexity index is 631. The molecule has 0 spiro atoms. The van der Waals surface area contributed by atoms with Crippen LogP contribution in [0.1, 0.15) is 13.3 Å². The van der Waals surface area contributed by atoms with Gasteiger partial charge in [-0.3, -0.25) is 14.4 Å². The number of carbonyl (C=O) groups excluding carboxylic acids is 3. The van der Waals surface area contributed by atoms with Gasteiger partial charge in [0, 0.05) is 43.1 Å². The van der Waals surface area contributed by atoms with Crippen molar-refractivity contribution in [2.45, 2.75) is 18.6 Å². The van der Waals surface area contributed by atoms with Crippen LogP contribution in [0.4, 0.5) is 11.4 Å². The Kier molecular flexibility index (Phi) is 4.68. The number of hydrogen-bond acceptors (Lipinski definition) is 5. The van der Waals surface area contributed by atoms with Crippen LogP contribution in [0.3, 0.4) is 0 Å². The predicted octanol–water partition coefficient (Wildman–Crippen LogP) is 1.43. The van der Waals surface area contributed by atoms with E-state index in [4.69, 9.17) is 4.74 Å². The van der Waals surface area contributed by atoms with E-state index >= 15 is 0 Å². The molecule has 2 saturated heterocycles. The number of morpholine rings is 1. The summed E-state index contributed by atoms with van der Waals surface area (Å²) in [5.74, 6) is -0.0295. The van der Waals surface area contributed by atoms with E-state index in [2.05, 4.69) is 0 Å². The van der Waals surface area contributed by atoms with Gasteiger partial charge in [-0.1, -0.05) is 11.8 Å². The van der Waals surface area contributed by atoms with Crippen LogP contribution >= 0.6 is 11.8 Å². The molecule has 1 aromatic carbocycles. The van der Waals surface area contributed by atoms with E-state index in [-0.39, 0.29) is 28.8 Å². The van der Waals surface area contributed by atoms with Gasteiger partial charge in [-0.15, -0.1) is 0 Å². The summed E-state index contributed by atoms with van der Waals surface area (Å²) in [4.78, 5) is 38.5. The SMILES string of the molecule is CC(=O)SC1CC(=O)N(c2ccc(N3CCOCC3=O)cc2)C1. The third kappa shape index (κ3) is 3.56. The molecule has 0 radical (unpaired) electrons. The number of ether oxygens (including phenoxy) is 1. The highest BCUT2D eigenvalue weighted by atomic mass is 32.2. The molecule has 2 amide bonds. The van der Waals surface area contributed by atoms with Crippen molar-refractivity contribution >= 4 is 40.1 Å². The minimum atomic E-state index is -0.0563. The van der Waals surface area contributed by atoms with Crippen molar-refractivity contribution in [1.29, 1.82) is 0 Å². The van der Waals surface area contributed by atoms with Crippen molar-refractivity contribution in [1.82, 2.24) is 0 Å². The maximum Gasteiger partial charge on any atom is 0.253 e. The zero-order chi connectivity index (χ0) is 16.4. The topological polar surface area (TPSA) is 66.9 Å². The summed E-state index contributed by atoms with van der Waals surface area (Å²) in [6, 6.07) is 7.38. The fraction of sp³-hybridized carbons (Fsp3) is 0.438. The Morgan fingerprint density at radius 1 is 1.13 bits per heavy atom. The molecule has 1 unspecified atom stereocenters. The molecule has 6 nitrogen and oxygen atoms in total. The molecule has 3 rings (SSSR count). The van der Waals surface area contributed by atoms with Crippen molar-refractivity contribution in [3.63, 3.8) is 0 Å². The molecule has 0 saturated carbocycles. The van der Waals surface area contributed by atoms with Gasteiger partial charge >= 0.3 is 0 Å². The van der Waals surface area contributed by atoms with Crippen LogP contribution in [-0.4, -0.2) is 48.5 Å². The van der Waals surface area contributed by atoms with Gasteiger partial charge in [0.05, 0.1) is 6.61 Å². The van der Waals surface area contributed by atoms with E-state index in [0.29, 0.717) is 26.1 Å². The molecule has 2 fully saturated rings. The first kappa shape index (κ1) is 16.0. The molecular formula is C16H18N2O4S. The van der Waals surface area contributed by atoms with Crippen molar-refractivity contribution in [3.05, 3.63) is 24.3 Å². The first-order valence-corrected chi connectivity index (χ1v) is 8.38. The molecule has 2 aliphatic heterocycles. The zero-order valence-corrected chi connectivity index (χ0v) is 13.7. The first-order chi connectivity index (χ1) is 11.0. The molecule has 23 heavy (non-hydrogen) atoms. The van der Waals surface area contributed by atoms with Gasteiger partial charge in [0.25, 0.3) is 5.91 Å². The van der Waals surface area contributed by atoms with Crippen molar-refractivity contribution < 1.29 is 19.1 Å². The number of carbonyl (C=O) groups is 3. The van der Waals surface area contributed by atoms with Gasteiger partial charge in [0.2, 0.25) is 5.91 Å². The summed E-state index contributed by atoms with van der Waals surface area (Å²) in [7, 11) is 0. The lowest BCUT2D eigenvalue weighted by Crippen LogP contribution is -2.41. The normalized spacial score (nSPS) is 21.9. The molecule has 0 aliphatic carbocycles. The number of benzene rings is 1. The predicted molar refractivity (Wildman–Crippen MR) is 88.6 cm³/mol. The summed E-state index contributed by atoms with van der Waals surface area (Å²) in [5, 5.41) is 0.0475. The monoisotopic (exact) mass is 334 g/mol. The number of anilines is 2. The highest BCUT2D eigenvalue weighted by Gasteiger charge is 2.32. The summed E-state index contributed by atoms with van der Waals surface area (Å²) >= 11 is 1.22. The number of thioether (sulfide) groups is 1. The lowest BCUT2D eigenvalue weighted by Gasteiger charge is -2.27. The van der Waals surface area contributed by atoms with Gasteiger partial charge in [-0.25, -0.2) is 0 Å². The van der Waals surface area contributed by atoms with Gasteiger partial charge in [-0.05, 0) is 24.3 Å². The summed E-state index contributed by atoms with van der Waals surface area (Å²) in [5.41, 5.74) is 1.61. The van der Waals surface area contributed by atoms with E-state index in [1.165, 1.54) is 18.7 Å². The zero-order valence-electron chi connectivity index (χ0n) is 12.9. The van der Waals surface area contributed by atoms with E-state index in [9.17, 15) is 14.4 Å². The van der Waals surface area contributed by atoms with E-state index in [0.717, 1.165) is 11.4 Å². The quantitative estimate of drug-likeness (QED) is 0.837. The largest absolute Gasteiger partial charge is 0.370 e. The average Bonchev–Trinajstić information content (AvgIpc) is 2.88. The highest BCUT2D eigenvalue weighted by molar-refractivity contribution is 8.14. The second-order valence-electron chi connectivity index (χ2n) is 5.55. The molecular weight excluding hydrogens is 316 g/mol. The van der Waals surface area contributed by atoms with Gasteiger partial charge in [0.15, 0.2) is 5.12 Å². The van der Waals surface area contributed by atoms with Crippen molar-refractivity contribution in [2.24, 2.45) is 0 Å². The lowest BCUT2D eigenvalue weighted by molar-refractivity contribution is -0.125. The maximum atomic E-state index is 12.1. The van der Waals surface area contributed by atoms with Crippen LogP contribution < -0.4 is 9.80 Å². The number of nitrogens with zero attached hydrogens (tertiary/aromatic N) is 2. The van der Waals surface area contributed by atoms with Gasteiger partial charge in [-0.2, -0.15) is 0 Å². The van der Waals surface area contributed by atoms with E-state index in [1.54, 1.807) is 9.80 Å². The third-order valence-electron chi connectivity index (χ3n) is 3.88. The number of rotatable bonds is 3. The molecule has 7 heteroatoms. The highest BCUT2D eigenvalue weighted by Crippen LogP contribution is 2.30. The first-order valence-electron chi connectivity index (χ1n) is 7.50. The molecule has 1 atom stereocenters. The van der Waals surface area contributed by atoms with Gasteiger partial charge < -0.3 is 14.5 Å². The van der Waals surface area contributed by atoms with E-state index in [1.807, 2.05) is 24.3 Å². The molecule has 1 aromatic rings. The third-order valence-corrected chi connectivity index (χ3v) is 4.86. The Morgan fingerprint density at radius 2 is 1.78 bits per heavy atom. The molecule has 0 aromatic heterocycles. The van der Waals surface area contributed by atoms with Crippen LogP contribution in [0.5, 0.6) is 0 Å². The molecule has 122 valence electrons. The number of hydrogen-bond donors (Lipinski definition) is 0. The molecule has 0 bridgehead atoms. The van der Waals surface area contributed by atoms with Crippen molar-refractivity contribution in [2.75, 3.05) is 36.1 Å². The van der Waals surface area contributed by atoms with Crippen LogP contribution in [0.25, 0.3) is 0 Å². The fourth-order valence-electron chi connectivity index (χ4n) is 2.84. The summed E-state index contributed by atoms with van der Waals surface area (Å²) < 4.78 is 5.12. The Morgan fingerprint density at radius 3 is 2.39 bits per heavy atom. The van der Waals surface area contributed by atoms with Crippen molar-refractivity contribution in [3.8, 4) is 0 Å². The molecule has 0 N–H and O–H groups in total. The lowest BCUT2D eigenvalue weighted by atomic mass is 10.2. The van der Waals surface area contributed by atoms with Crippen LogP contribution in [-0.2, 0) is 19.1 Å². The van der Waals surface area contributed by atoms with Crippen LogP contribution in [0, 0.1) is 0 Å². The minimum absolute atomic E-state index is 0.0143. The second kappa shape index (κ2) is 6.72. The average molecular weight is 334 g/mol. The Labute approximate surface area is 138 Å².